The summed E-state index contributed by atoms with van der Waals surface area (Å²) in [4.78, 5) is 26.8. The van der Waals surface area contributed by atoms with Gasteiger partial charge in [0.2, 0.25) is 0 Å². The average Bonchev–Trinajstić information content (AvgIpc) is 2.81. The van der Waals surface area contributed by atoms with Crippen LogP contribution in [0.1, 0.15) is 18.1 Å². The van der Waals surface area contributed by atoms with Crippen molar-refractivity contribution in [3.63, 3.8) is 0 Å². The van der Waals surface area contributed by atoms with Gasteiger partial charge in [0.1, 0.15) is 5.70 Å². The third-order valence-electron chi connectivity index (χ3n) is 4.14. The van der Waals surface area contributed by atoms with Crippen LogP contribution in [-0.2, 0) is 9.59 Å². The van der Waals surface area contributed by atoms with Crippen LogP contribution >= 0.6 is 34.8 Å². The van der Waals surface area contributed by atoms with Crippen LogP contribution in [0.15, 0.2) is 42.1 Å². The second-order valence-corrected chi connectivity index (χ2v) is 7.09. The second-order valence-electron chi connectivity index (χ2n) is 5.81. The highest BCUT2D eigenvalue weighted by atomic mass is 35.5. The van der Waals surface area contributed by atoms with Crippen molar-refractivity contribution in [3.05, 3.63) is 68.3 Å². The molecule has 1 N–H and O–H groups in total. The van der Waals surface area contributed by atoms with Gasteiger partial charge in [0, 0.05) is 27.8 Å². The van der Waals surface area contributed by atoms with E-state index < -0.39 is 11.8 Å². The normalized spacial score (nSPS) is 14.4. The summed E-state index contributed by atoms with van der Waals surface area (Å²) in [7, 11) is 0. The number of carbonyl (C=O) groups excluding carboxylic acids is 2. The zero-order valence-electron chi connectivity index (χ0n) is 14.1. The Balaban J connectivity index is 2.17. The first-order valence-corrected chi connectivity index (χ1v) is 9.06. The summed E-state index contributed by atoms with van der Waals surface area (Å²) in [6.07, 6.45) is 0. The Hall–Kier alpha value is -2.01. The fourth-order valence-electron chi connectivity index (χ4n) is 2.78. The van der Waals surface area contributed by atoms with Crippen molar-refractivity contribution in [1.82, 2.24) is 4.90 Å². The monoisotopic (exact) mass is 408 g/mol. The summed E-state index contributed by atoms with van der Waals surface area (Å²) < 4.78 is 0. The van der Waals surface area contributed by atoms with Crippen LogP contribution in [0.25, 0.3) is 5.57 Å². The van der Waals surface area contributed by atoms with E-state index in [1.165, 1.54) is 4.90 Å². The van der Waals surface area contributed by atoms with E-state index in [0.717, 1.165) is 5.56 Å². The predicted octanol–water partition coefficient (Wildman–Crippen LogP) is 5.17. The number of rotatable bonds is 4. The Morgan fingerprint density at radius 2 is 1.62 bits per heavy atom. The first-order chi connectivity index (χ1) is 12.3. The zero-order valence-corrected chi connectivity index (χ0v) is 16.3. The van der Waals surface area contributed by atoms with Crippen LogP contribution in [0.5, 0.6) is 0 Å². The van der Waals surface area contributed by atoms with Gasteiger partial charge in [-0.2, -0.15) is 0 Å². The molecule has 4 nitrogen and oxygen atoms in total. The third-order valence-corrected chi connectivity index (χ3v) is 4.93. The van der Waals surface area contributed by atoms with Gasteiger partial charge in [-0.3, -0.25) is 14.5 Å². The molecule has 7 heteroatoms. The maximum absolute atomic E-state index is 12.8. The highest BCUT2D eigenvalue weighted by molar-refractivity contribution is 6.41. The number of aryl methyl sites for hydroxylation is 1. The number of hydrogen-bond acceptors (Lipinski definition) is 3. The second kappa shape index (κ2) is 7.31. The molecular formula is C19H15Cl3N2O2. The lowest BCUT2D eigenvalue weighted by atomic mass is 10.0. The van der Waals surface area contributed by atoms with Crippen molar-refractivity contribution in [2.24, 2.45) is 0 Å². The SMILES string of the molecule is CCN1C(=O)C(Nc2cc(Cl)ccc2C)=C(c2ccc(Cl)cc2Cl)C1=O. The Kier molecular flexibility index (Phi) is 5.28. The lowest BCUT2D eigenvalue weighted by Crippen LogP contribution is -2.32. The molecule has 0 unspecified atom stereocenters. The average molecular weight is 410 g/mol. The highest BCUT2D eigenvalue weighted by Crippen LogP contribution is 2.35. The largest absolute Gasteiger partial charge is 0.350 e. The molecule has 0 fully saturated rings. The highest BCUT2D eigenvalue weighted by Gasteiger charge is 2.39. The van der Waals surface area contributed by atoms with Crippen molar-refractivity contribution < 1.29 is 9.59 Å². The molecule has 2 aromatic rings. The third kappa shape index (κ3) is 3.32. The molecule has 26 heavy (non-hydrogen) atoms. The number of amides is 2. The minimum atomic E-state index is -0.405. The summed E-state index contributed by atoms with van der Waals surface area (Å²) in [6, 6.07) is 10.1. The molecule has 0 aromatic heterocycles. The van der Waals surface area contributed by atoms with E-state index in [-0.39, 0.29) is 17.8 Å². The molecule has 2 amide bonds. The van der Waals surface area contributed by atoms with Gasteiger partial charge in [0.15, 0.2) is 0 Å². The van der Waals surface area contributed by atoms with E-state index in [9.17, 15) is 9.59 Å². The smallest absolute Gasteiger partial charge is 0.278 e. The summed E-state index contributed by atoms with van der Waals surface area (Å²) >= 11 is 18.3. The fourth-order valence-corrected chi connectivity index (χ4v) is 3.46. The molecule has 1 aliphatic rings. The zero-order chi connectivity index (χ0) is 19.0. The maximum atomic E-state index is 12.8. The molecule has 0 saturated heterocycles. The molecule has 2 aromatic carbocycles. The number of anilines is 1. The molecule has 1 aliphatic heterocycles. The van der Waals surface area contributed by atoms with E-state index >= 15 is 0 Å². The molecule has 0 bridgehead atoms. The van der Waals surface area contributed by atoms with Crippen molar-refractivity contribution in [1.29, 1.82) is 0 Å². The topological polar surface area (TPSA) is 49.4 Å². The molecule has 0 spiro atoms. The minimum absolute atomic E-state index is 0.173. The molecule has 0 atom stereocenters. The van der Waals surface area contributed by atoms with E-state index in [1.807, 2.05) is 13.0 Å². The van der Waals surface area contributed by atoms with Gasteiger partial charge in [-0.05, 0) is 43.7 Å². The molecule has 134 valence electrons. The minimum Gasteiger partial charge on any atom is -0.350 e. The molecule has 0 aliphatic carbocycles. The van der Waals surface area contributed by atoms with Crippen molar-refractivity contribution in [3.8, 4) is 0 Å². The summed E-state index contributed by atoms with van der Waals surface area (Å²) in [5.41, 5.74) is 2.38. The van der Waals surface area contributed by atoms with Gasteiger partial charge in [-0.1, -0.05) is 46.9 Å². The van der Waals surface area contributed by atoms with E-state index in [2.05, 4.69) is 5.32 Å². The quantitative estimate of drug-likeness (QED) is 0.709. The van der Waals surface area contributed by atoms with E-state index in [0.29, 0.717) is 26.3 Å². The van der Waals surface area contributed by atoms with Crippen LogP contribution in [0, 0.1) is 6.92 Å². The van der Waals surface area contributed by atoms with Crippen LogP contribution in [0.2, 0.25) is 15.1 Å². The number of hydrogen-bond donors (Lipinski definition) is 1. The number of imide groups is 1. The number of likely N-dealkylation sites (N-methyl/N-ethyl adjacent to an activating group) is 1. The maximum Gasteiger partial charge on any atom is 0.278 e. The molecule has 3 rings (SSSR count). The van der Waals surface area contributed by atoms with Gasteiger partial charge in [-0.25, -0.2) is 0 Å². The van der Waals surface area contributed by atoms with Crippen molar-refractivity contribution in [2.45, 2.75) is 13.8 Å². The van der Waals surface area contributed by atoms with Crippen LogP contribution in [0.4, 0.5) is 5.69 Å². The van der Waals surface area contributed by atoms with Gasteiger partial charge in [-0.15, -0.1) is 0 Å². The first-order valence-electron chi connectivity index (χ1n) is 7.92. The van der Waals surface area contributed by atoms with E-state index in [4.69, 9.17) is 34.8 Å². The lowest BCUT2D eigenvalue weighted by Gasteiger charge is -2.13. The molecule has 0 radical (unpaired) electrons. The van der Waals surface area contributed by atoms with E-state index in [1.54, 1.807) is 37.3 Å². The standard InChI is InChI=1S/C19H15Cl3N2O2/c1-3-24-18(25)16(13-7-6-11(20)8-14(13)22)17(19(24)26)23-15-9-12(21)5-4-10(15)2/h4-9,23H,3H2,1-2H3. The molecular weight excluding hydrogens is 395 g/mol. The summed E-state index contributed by atoms with van der Waals surface area (Å²) in [6.45, 7) is 3.88. The Morgan fingerprint density at radius 3 is 2.27 bits per heavy atom. The van der Waals surface area contributed by atoms with Crippen molar-refractivity contribution >= 4 is 57.9 Å². The number of carbonyl (C=O) groups is 2. The van der Waals surface area contributed by atoms with Crippen molar-refractivity contribution in [2.75, 3.05) is 11.9 Å². The summed E-state index contributed by atoms with van der Waals surface area (Å²) in [5.74, 6) is -0.804. The van der Waals surface area contributed by atoms with Crippen LogP contribution < -0.4 is 5.32 Å². The number of benzene rings is 2. The Morgan fingerprint density at radius 1 is 0.962 bits per heavy atom. The molecule has 1 heterocycles. The predicted molar refractivity (Wildman–Crippen MR) is 106 cm³/mol. The fraction of sp³-hybridized carbons (Fsp3) is 0.158. The Bertz CT molecular complexity index is 954. The lowest BCUT2D eigenvalue weighted by molar-refractivity contribution is -0.136. The number of nitrogens with one attached hydrogen (secondary N) is 1. The Labute approximate surface area is 166 Å². The van der Waals surface area contributed by atoms with Crippen LogP contribution in [-0.4, -0.2) is 23.3 Å². The van der Waals surface area contributed by atoms with Gasteiger partial charge in [0.05, 0.1) is 10.6 Å². The number of nitrogens with zero attached hydrogens (tertiary/aromatic N) is 1. The first kappa shape index (κ1) is 18.8. The van der Waals surface area contributed by atoms with Gasteiger partial charge < -0.3 is 5.32 Å². The molecule has 0 saturated carbocycles. The summed E-state index contributed by atoms with van der Waals surface area (Å²) in [5, 5.41) is 4.35. The number of halogens is 3. The van der Waals surface area contributed by atoms with Crippen LogP contribution in [0.3, 0.4) is 0 Å². The van der Waals surface area contributed by atoms with Gasteiger partial charge in [0.25, 0.3) is 11.8 Å². The van der Waals surface area contributed by atoms with Gasteiger partial charge >= 0.3 is 0 Å².